The first-order chi connectivity index (χ1) is 7.42. The molecule has 0 spiro atoms. The summed E-state index contributed by atoms with van der Waals surface area (Å²) in [5.74, 6) is 0.578. The highest BCUT2D eigenvalue weighted by Gasteiger charge is 2.27. The van der Waals surface area contributed by atoms with Gasteiger partial charge in [-0.2, -0.15) is 13.2 Å². The summed E-state index contributed by atoms with van der Waals surface area (Å²) in [6.07, 6.45) is -4.30. The molecule has 0 saturated carbocycles. The first-order valence-corrected chi connectivity index (χ1v) is 5.18. The SMILES string of the molecule is COc1ccc(Br)c(COCC(F)(F)F)c1. The minimum absolute atomic E-state index is 0.114. The highest BCUT2D eigenvalue weighted by molar-refractivity contribution is 9.10. The predicted octanol–water partition coefficient (Wildman–Crippen LogP) is 3.54. The number of rotatable bonds is 4. The highest BCUT2D eigenvalue weighted by Crippen LogP contribution is 2.24. The Morgan fingerprint density at radius 1 is 1.31 bits per heavy atom. The van der Waals surface area contributed by atoms with Crippen molar-refractivity contribution in [3.63, 3.8) is 0 Å². The number of halogens is 4. The van der Waals surface area contributed by atoms with E-state index in [2.05, 4.69) is 20.7 Å². The molecule has 6 heteroatoms. The van der Waals surface area contributed by atoms with Crippen molar-refractivity contribution in [3.05, 3.63) is 28.2 Å². The molecular weight excluding hydrogens is 289 g/mol. The van der Waals surface area contributed by atoms with E-state index in [0.29, 0.717) is 15.8 Å². The van der Waals surface area contributed by atoms with Crippen molar-refractivity contribution in [2.45, 2.75) is 12.8 Å². The Morgan fingerprint density at radius 2 is 2.00 bits per heavy atom. The molecule has 0 heterocycles. The van der Waals surface area contributed by atoms with Crippen LogP contribution in [0.2, 0.25) is 0 Å². The second-order valence-electron chi connectivity index (χ2n) is 3.07. The molecule has 0 aromatic heterocycles. The molecule has 0 aliphatic carbocycles. The van der Waals surface area contributed by atoms with Crippen molar-refractivity contribution in [1.82, 2.24) is 0 Å². The van der Waals surface area contributed by atoms with E-state index >= 15 is 0 Å². The van der Waals surface area contributed by atoms with Crippen LogP contribution in [0.15, 0.2) is 22.7 Å². The second kappa shape index (κ2) is 5.54. The standard InChI is InChI=1S/C10H10BrF3O2/c1-15-8-2-3-9(11)7(4-8)5-16-6-10(12,13)14/h2-4H,5-6H2,1H3. The first-order valence-electron chi connectivity index (χ1n) is 4.39. The van der Waals surface area contributed by atoms with Gasteiger partial charge in [0.2, 0.25) is 0 Å². The molecule has 0 aliphatic rings. The zero-order valence-corrected chi connectivity index (χ0v) is 10.1. The van der Waals surface area contributed by atoms with Crippen LogP contribution in [-0.2, 0) is 11.3 Å². The Labute approximate surface area is 99.5 Å². The fourth-order valence-corrected chi connectivity index (χ4v) is 1.43. The Balaban J connectivity index is 2.59. The number of alkyl halides is 3. The molecule has 90 valence electrons. The number of hydrogen-bond acceptors (Lipinski definition) is 2. The van der Waals surface area contributed by atoms with Gasteiger partial charge in [-0.1, -0.05) is 15.9 Å². The maximum atomic E-state index is 11.8. The van der Waals surface area contributed by atoms with Gasteiger partial charge in [0.1, 0.15) is 12.4 Å². The molecule has 1 rings (SSSR count). The van der Waals surface area contributed by atoms with Gasteiger partial charge in [-0.15, -0.1) is 0 Å². The van der Waals surface area contributed by atoms with Gasteiger partial charge in [-0.05, 0) is 23.8 Å². The summed E-state index contributed by atoms with van der Waals surface area (Å²) >= 11 is 3.22. The van der Waals surface area contributed by atoms with Crippen LogP contribution in [0.4, 0.5) is 13.2 Å². The number of benzene rings is 1. The Kier molecular flexibility index (Phi) is 4.61. The van der Waals surface area contributed by atoms with E-state index in [4.69, 9.17) is 4.74 Å². The van der Waals surface area contributed by atoms with Gasteiger partial charge in [0.25, 0.3) is 0 Å². The third-order valence-electron chi connectivity index (χ3n) is 1.78. The van der Waals surface area contributed by atoms with Gasteiger partial charge in [-0.3, -0.25) is 0 Å². The summed E-state index contributed by atoms with van der Waals surface area (Å²) in [7, 11) is 1.49. The third-order valence-corrected chi connectivity index (χ3v) is 2.55. The van der Waals surface area contributed by atoms with E-state index in [9.17, 15) is 13.2 Å². The molecule has 0 fully saturated rings. The summed E-state index contributed by atoms with van der Waals surface area (Å²) in [5.41, 5.74) is 0.614. The van der Waals surface area contributed by atoms with Crippen LogP contribution in [0.1, 0.15) is 5.56 Å². The number of methoxy groups -OCH3 is 1. The Bertz CT molecular complexity index is 352. The zero-order valence-electron chi connectivity index (χ0n) is 8.47. The smallest absolute Gasteiger partial charge is 0.411 e. The minimum atomic E-state index is -4.30. The molecule has 0 atom stereocenters. The summed E-state index contributed by atoms with van der Waals surface area (Å²) < 4.78 is 45.7. The molecule has 0 bridgehead atoms. The number of ether oxygens (including phenoxy) is 2. The predicted molar refractivity (Wildman–Crippen MR) is 56.4 cm³/mol. The fraction of sp³-hybridized carbons (Fsp3) is 0.400. The van der Waals surface area contributed by atoms with Crippen LogP contribution in [0.25, 0.3) is 0 Å². The average Bonchev–Trinajstić information content (AvgIpc) is 2.19. The molecule has 0 aliphatic heterocycles. The van der Waals surface area contributed by atoms with E-state index in [1.807, 2.05) is 0 Å². The second-order valence-corrected chi connectivity index (χ2v) is 3.92. The van der Waals surface area contributed by atoms with Crippen molar-refractivity contribution in [2.24, 2.45) is 0 Å². The topological polar surface area (TPSA) is 18.5 Å². The van der Waals surface area contributed by atoms with Crippen molar-refractivity contribution in [1.29, 1.82) is 0 Å². The van der Waals surface area contributed by atoms with E-state index in [-0.39, 0.29) is 6.61 Å². The summed E-state index contributed by atoms with van der Waals surface area (Å²) in [6.45, 7) is -1.37. The van der Waals surface area contributed by atoms with Crippen LogP contribution < -0.4 is 4.74 Å². The van der Waals surface area contributed by atoms with Crippen LogP contribution in [0.5, 0.6) is 5.75 Å². The summed E-state index contributed by atoms with van der Waals surface area (Å²) in [5, 5.41) is 0. The highest BCUT2D eigenvalue weighted by atomic mass is 79.9. The summed E-state index contributed by atoms with van der Waals surface area (Å²) in [6, 6.07) is 5.03. The molecule has 0 saturated heterocycles. The van der Waals surface area contributed by atoms with Crippen LogP contribution in [0.3, 0.4) is 0 Å². The maximum Gasteiger partial charge on any atom is 0.411 e. The molecule has 2 nitrogen and oxygen atoms in total. The van der Waals surface area contributed by atoms with Gasteiger partial charge < -0.3 is 9.47 Å². The molecule has 0 unspecified atom stereocenters. The van der Waals surface area contributed by atoms with Crippen molar-refractivity contribution in [2.75, 3.05) is 13.7 Å². The summed E-state index contributed by atoms with van der Waals surface area (Å²) in [4.78, 5) is 0. The van der Waals surface area contributed by atoms with E-state index in [1.165, 1.54) is 7.11 Å². The molecule has 1 aromatic carbocycles. The van der Waals surface area contributed by atoms with Gasteiger partial charge >= 0.3 is 6.18 Å². The van der Waals surface area contributed by atoms with Crippen molar-refractivity contribution in [3.8, 4) is 5.75 Å². The quantitative estimate of drug-likeness (QED) is 0.846. The maximum absolute atomic E-state index is 11.8. The normalized spacial score (nSPS) is 11.6. The van der Waals surface area contributed by atoms with Gasteiger partial charge in [0, 0.05) is 4.47 Å². The van der Waals surface area contributed by atoms with Crippen molar-refractivity contribution < 1.29 is 22.6 Å². The number of hydrogen-bond donors (Lipinski definition) is 0. The zero-order chi connectivity index (χ0) is 12.2. The van der Waals surface area contributed by atoms with Gasteiger partial charge in [-0.25, -0.2) is 0 Å². The minimum Gasteiger partial charge on any atom is -0.497 e. The van der Waals surface area contributed by atoms with E-state index in [1.54, 1.807) is 18.2 Å². The lowest BCUT2D eigenvalue weighted by molar-refractivity contribution is -0.176. The van der Waals surface area contributed by atoms with Crippen LogP contribution >= 0.6 is 15.9 Å². The molecular formula is C10H10BrF3O2. The van der Waals surface area contributed by atoms with E-state index in [0.717, 1.165) is 0 Å². The lowest BCUT2D eigenvalue weighted by Crippen LogP contribution is -2.16. The monoisotopic (exact) mass is 298 g/mol. The lowest BCUT2D eigenvalue weighted by atomic mass is 10.2. The third kappa shape index (κ3) is 4.40. The Hall–Kier alpha value is -0.750. The van der Waals surface area contributed by atoms with Gasteiger partial charge in [0.05, 0.1) is 13.7 Å². The molecule has 0 amide bonds. The molecule has 0 N–H and O–H groups in total. The largest absolute Gasteiger partial charge is 0.497 e. The molecule has 0 radical (unpaired) electrons. The Morgan fingerprint density at radius 3 is 2.56 bits per heavy atom. The van der Waals surface area contributed by atoms with E-state index < -0.39 is 12.8 Å². The molecule has 1 aromatic rings. The lowest BCUT2D eigenvalue weighted by Gasteiger charge is -2.10. The first kappa shape index (κ1) is 13.3. The van der Waals surface area contributed by atoms with Crippen LogP contribution in [-0.4, -0.2) is 19.9 Å². The van der Waals surface area contributed by atoms with Crippen molar-refractivity contribution >= 4 is 15.9 Å². The van der Waals surface area contributed by atoms with Gasteiger partial charge in [0.15, 0.2) is 0 Å². The fourth-order valence-electron chi connectivity index (χ4n) is 1.07. The van der Waals surface area contributed by atoms with Crippen LogP contribution in [0, 0.1) is 0 Å². The molecule has 16 heavy (non-hydrogen) atoms. The average molecular weight is 299 g/mol.